The maximum absolute atomic E-state index is 2.65. The van der Waals surface area contributed by atoms with E-state index in [2.05, 4.69) is 77.3 Å². The zero-order chi connectivity index (χ0) is 17.4. The number of allylic oxidation sites excluding steroid dienone is 6. The molecule has 1 heteroatoms. The Kier molecular flexibility index (Phi) is 3.13. The third-order valence-corrected chi connectivity index (χ3v) is 6.79. The van der Waals surface area contributed by atoms with Gasteiger partial charge in [-0.2, -0.15) is 4.58 Å². The fraction of sp³-hybridized carbons (Fsp3) is 0.435. The number of hydrogen-bond acceptors (Lipinski definition) is 0. The Hall–Kier alpha value is -1.89. The van der Waals surface area contributed by atoms with Gasteiger partial charge < -0.3 is 0 Å². The molecule has 0 bridgehead atoms. The van der Waals surface area contributed by atoms with Crippen molar-refractivity contribution in [2.24, 2.45) is 5.92 Å². The number of nitrogens with zero attached hydrogens (tertiary/aromatic N) is 1. The van der Waals surface area contributed by atoms with Gasteiger partial charge in [0.05, 0.1) is 12.3 Å². The van der Waals surface area contributed by atoms with E-state index in [1.165, 1.54) is 33.5 Å². The van der Waals surface area contributed by atoms with Crippen LogP contribution in [0, 0.1) is 5.92 Å². The highest BCUT2D eigenvalue weighted by Crippen LogP contribution is 2.49. The van der Waals surface area contributed by atoms with Crippen molar-refractivity contribution in [3.63, 3.8) is 0 Å². The van der Waals surface area contributed by atoms with E-state index in [0.717, 1.165) is 6.42 Å². The number of hydrogen-bond donors (Lipinski definition) is 0. The van der Waals surface area contributed by atoms with Gasteiger partial charge in [0, 0.05) is 31.9 Å². The zero-order valence-electron chi connectivity index (χ0n) is 16.0. The molecule has 1 aromatic rings. The van der Waals surface area contributed by atoms with Crippen molar-refractivity contribution >= 4 is 5.71 Å². The molecule has 2 heterocycles. The Labute approximate surface area is 146 Å². The molecule has 1 aromatic carbocycles. The molecule has 0 radical (unpaired) electrons. The summed E-state index contributed by atoms with van der Waals surface area (Å²) >= 11 is 0. The molecule has 0 aromatic heterocycles. The van der Waals surface area contributed by atoms with E-state index in [9.17, 15) is 0 Å². The van der Waals surface area contributed by atoms with E-state index < -0.39 is 0 Å². The van der Waals surface area contributed by atoms with E-state index in [0.29, 0.717) is 5.92 Å². The Morgan fingerprint density at radius 1 is 0.917 bits per heavy atom. The summed E-state index contributed by atoms with van der Waals surface area (Å²) in [5, 5.41) is 0. The van der Waals surface area contributed by atoms with Crippen LogP contribution in [-0.4, -0.2) is 10.3 Å². The Balaban J connectivity index is 2.01. The monoisotopic (exact) mass is 318 g/mol. The van der Waals surface area contributed by atoms with Gasteiger partial charge >= 0.3 is 0 Å². The Bertz CT molecular complexity index is 900. The SMILES string of the molecule is CC1=C(C)C2=C(C)[N+]3=C(Cc4ccccc4C3(C)C)C2C(C)=C1C. The lowest BCUT2D eigenvalue weighted by molar-refractivity contribution is -0.566. The molecular weight excluding hydrogens is 290 g/mol. The second-order valence-corrected chi connectivity index (χ2v) is 8.21. The summed E-state index contributed by atoms with van der Waals surface area (Å²) in [4.78, 5) is 0. The smallest absolute Gasteiger partial charge is 0.188 e. The van der Waals surface area contributed by atoms with Crippen molar-refractivity contribution in [3.05, 3.63) is 69.0 Å². The van der Waals surface area contributed by atoms with Gasteiger partial charge in [-0.25, -0.2) is 0 Å². The molecular formula is C23H28N+. The maximum Gasteiger partial charge on any atom is 0.188 e. The van der Waals surface area contributed by atoms with Crippen LogP contribution in [0.3, 0.4) is 0 Å². The standard InChI is InChI=1S/C23H28N/c1-13-14(2)16(4)22-20-12-18-10-8-9-11-19(18)23(6,7)24(20)17(5)21(22)15(13)3/h8-11,22H,12H2,1-7H3/q+1. The highest BCUT2D eigenvalue weighted by molar-refractivity contribution is 5.95. The average molecular weight is 318 g/mol. The van der Waals surface area contributed by atoms with Crippen LogP contribution in [0.1, 0.15) is 59.6 Å². The number of benzene rings is 1. The van der Waals surface area contributed by atoms with Crippen molar-refractivity contribution in [1.29, 1.82) is 0 Å². The van der Waals surface area contributed by atoms with Crippen LogP contribution in [0.5, 0.6) is 0 Å². The third kappa shape index (κ3) is 1.73. The normalized spacial score (nSPS) is 25.2. The van der Waals surface area contributed by atoms with Crippen LogP contribution in [0.25, 0.3) is 0 Å². The Morgan fingerprint density at radius 2 is 1.58 bits per heavy atom. The molecule has 4 rings (SSSR count). The van der Waals surface area contributed by atoms with Crippen molar-refractivity contribution in [3.8, 4) is 0 Å². The van der Waals surface area contributed by atoms with Crippen molar-refractivity contribution in [2.75, 3.05) is 0 Å². The largest absolute Gasteiger partial charge is 0.193 e. The molecule has 1 aliphatic carbocycles. The molecule has 0 spiro atoms. The van der Waals surface area contributed by atoms with E-state index in [4.69, 9.17) is 0 Å². The summed E-state index contributed by atoms with van der Waals surface area (Å²) in [6, 6.07) is 9.00. The predicted molar refractivity (Wildman–Crippen MR) is 101 cm³/mol. The minimum Gasteiger partial charge on any atom is -0.193 e. The molecule has 2 aliphatic heterocycles. The molecule has 0 N–H and O–H groups in total. The predicted octanol–water partition coefficient (Wildman–Crippen LogP) is 5.52. The summed E-state index contributed by atoms with van der Waals surface area (Å²) in [7, 11) is 0. The van der Waals surface area contributed by atoms with E-state index >= 15 is 0 Å². The molecule has 0 saturated heterocycles. The fourth-order valence-corrected chi connectivity index (χ4v) is 5.34. The molecule has 1 atom stereocenters. The van der Waals surface area contributed by atoms with E-state index in [1.54, 1.807) is 16.9 Å². The second-order valence-electron chi connectivity index (χ2n) is 8.21. The average Bonchev–Trinajstić information content (AvgIpc) is 2.84. The topological polar surface area (TPSA) is 3.01 Å². The fourth-order valence-electron chi connectivity index (χ4n) is 5.34. The highest BCUT2D eigenvalue weighted by atomic mass is 15.1. The van der Waals surface area contributed by atoms with Gasteiger partial charge in [0.25, 0.3) is 0 Å². The minimum absolute atomic E-state index is 0.0149. The molecule has 0 fully saturated rings. The molecule has 0 amide bonds. The highest BCUT2D eigenvalue weighted by Gasteiger charge is 2.52. The van der Waals surface area contributed by atoms with E-state index in [1.807, 2.05) is 0 Å². The van der Waals surface area contributed by atoms with Gasteiger partial charge in [-0.05, 0) is 50.0 Å². The van der Waals surface area contributed by atoms with Crippen LogP contribution in [0.15, 0.2) is 57.8 Å². The quantitative estimate of drug-likeness (QED) is 0.554. The molecule has 1 nitrogen and oxygen atoms in total. The van der Waals surface area contributed by atoms with Gasteiger partial charge in [0.15, 0.2) is 16.9 Å². The first-order valence-corrected chi connectivity index (χ1v) is 9.07. The van der Waals surface area contributed by atoms with Gasteiger partial charge in [-0.1, -0.05) is 29.8 Å². The van der Waals surface area contributed by atoms with Crippen molar-refractivity contribution in [1.82, 2.24) is 0 Å². The van der Waals surface area contributed by atoms with Gasteiger partial charge in [0.2, 0.25) is 0 Å². The molecule has 124 valence electrons. The Morgan fingerprint density at radius 3 is 2.29 bits per heavy atom. The molecule has 24 heavy (non-hydrogen) atoms. The van der Waals surface area contributed by atoms with Crippen LogP contribution in [0.4, 0.5) is 0 Å². The zero-order valence-corrected chi connectivity index (χ0v) is 16.0. The van der Waals surface area contributed by atoms with Gasteiger partial charge in [0.1, 0.15) is 0 Å². The lowest BCUT2D eigenvalue weighted by Gasteiger charge is -2.31. The van der Waals surface area contributed by atoms with Crippen molar-refractivity contribution in [2.45, 2.75) is 60.4 Å². The van der Waals surface area contributed by atoms with Gasteiger partial charge in [-0.3, -0.25) is 0 Å². The maximum atomic E-state index is 2.65. The summed E-state index contributed by atoms with van der Waals surface area (Å²) in [6.07, 6.45) is 1.07. The van der Waals surface area contributed by atoms with Crippen LogP contribution in [-0.2, 0) is 12.0 Å². The molecule has 3 aliphatic rings. The first-order valence-electron chi connectivity index (χ1n) is 9.07. The number of fused-ring (bicyclic) bond motifs is 3. The summed E-state index contributed by atoms with van der Waals surface area (Å²) in [6.45, 7) is 16.3. The van der Waals surface area contributed by atoms with Crippen LogP contribution in [0.2, 0.25) is 0 Å². The van der Waals surface area contributed by atoms with Crippen LogP contribution >= 0.6 is 0 Å². The second kappa shape index (κ2) is 4.81. The first kappa shape index (κ1) is 15.6. The summed E-state index contributed by atoms with van der Waals surface area (Å²) in [5.41, 5.74) is 13.6. The number of rotatable bonds is 0. The third-order valence-electron chi connectivity index (χ3n) is 6.79. The van der Waals surface area contributed by atoms with Crippen LogP contribution < -0.4 is 0 Å². The van der Waals surface area contributed by atoms with Gasteiger partial charge in [-0.15, -0.1) is 0 Å². The summed E-state index contributed by atoms with van der Waals surface area (Å²) < 4.78 is 2.65. The summed E-state index contributed by atoms with van der Waals surface area (Å²) in [5.74, 6) is 0.473. The lowest BCUT2D eigenvalue weighted by Crippen LogP contribution is -2.41. The first-order chi connectivity index (χ1) is 11.3. The minimum atomic E-state index is 0.0149. The molecule has 0 saturated carbocycles. The lowest BCUT2D eigenvalue weighted by atomic mass is 9.73. The van der Waals surface area contributed by atoms with E-state index in [-0.39, 0.29) is 5.54 Å². The van der Waals surface area contributed by atoms with Crippen molar-refractivity contribution < 1.29 is 4.58 Å². The molecule has 1 unspecified atom stereocenters.